The van der Waals surface area contributed by atoms with Crippen molar-refractivity contribution in [3.8, 4) is 0 Å². The first-order valence-corrected chi connectivity index (χ1v) is 5.32. The fourth-order valence-corrected chi connectivity index (χ4v) is 1.93. The van der Waals surface area contributed by atoms with Crippen molar-refractivity contribution >= 4 is 0 Å². The lowest BCUT2D eigenvalue weighted by Crippen LogP contribution is -2.19. The fourth-order valence-electron chi connectivity index (χ4n) is 1.93. The van der Waals surface area contributed by atoms with Gasteiger partial charge in [-0.25, -0.2) is 0 Å². The van der Waals surface area contributed by atoms with Crippen LogP contribution in [0.2, 0.25) is 0 Å². The van der Waals surface area contributed by atoms with E-state index in [4.69, 9.17) is 0 Å². The van der Waals surface area contributed by atoms with Crippen LogP contribution in [0, 0.1) is 6.92 Å². The van der Waals surface area contributed by atoms with Gasteiger partial charge in [-0.2, -0.15) is 0 Å². The van der Waals surface area contributed by atoms with Crippen LogP contribution in [0.3, 0.4) is 0 Å². The van der Waals surface area contributed by atoms with Crippen LogP contribution in [0.15, 0.2) is 48.2 Å². The maximum atomic E-state index is 2.25. The Morgan fingerprint density at radius 2 is 1.73 bits per heavy atom. The van der Waals surface area contributed by atoms with Crippen LogP contribution < -0.4 is 0 Å². The summed E-state index contributed by atoms with van der Waals surface area (Å²) in [6.45, 7) is 4.24. The molecular weight excluding hydrogens is 182 g/mol. The Bertz CT molecular complexity index is 398. The molecule has 1 heterocycles. The average molecular weight is 199 g/mol. The third-order valence-corrected chi connectivity index (χ3v) is 2.81. The largest absolute Gasteiger partial charge is 0.370 e. The molecule has 1 atom stereocenters. The molecule has 0 aliphatic carbocycles. The molecule has 15 heavy (non-hydrogen) atoms. The summed E-state index contributed by atoms with van der Waals surface area (Å²) >= 11 is 0. The highest BCUT2D eigenvalue weighted by Gasteiger charge is 2.13. The van der Waals surface area contributed by atoms with Crippen molar-refractivity contribution in [3.05, 3.63) is 59.3 Å². The van der Waals surface area contributed by atoms with Crippen molar-refractivity contribution in [2.45, 2.75) is 19.9 Å². The van der Waals surface area contributed by atoms with E-state index < -0.39 is 0 Å². The molecule has 0 saturated carbocycles. The Labute approximate surface area is 91.7 Å². The summed E-state index contributed by atoms with van der Waals surface area (Å²) in [6, 6.07) is 9.13. The SMILES string of the molecule is CC1=CN(C)C(c2ccc(C)cc2)C=C1. The molecule has 0 spiro atoms. The minimum Gasteiger partial charge on any atom is -0.370 e. The smallest absolute Gasteiger partial charge is 0.0721 e. The van der Waals surface area contributed by atoms with Gasteiger partial charge in [-0.05, 0) is 25.0 Å². The normalized spacial score (nSPS) is 20.3. The van der Waals surface area contributed by atoms with Crippen molar-refractivity contribution in [1.82, 2.24) is 4.90 Å². The highest BCUT2D eigenvalue weighted by Crippen LogP contribution is 2.25. The van der Waals surface area contributed by atoms with Gasteiger partial charge >= 0.3 is 0 Å². The zero-order valence-corrected chi connectivity index (χ0v) is 9.57. The summed E-state index contributed by atoms with van der Waals surface area (Å²) < 4.78 is 0. The van der Waals surface area contributed by atoms with Crippen LogP contribution in [-0.2, 0) is 0 Å². The quantitative estimate of drug-likeness (QED) is 0.669. The van der Waals surface area contributed by atoms with Gasteiger partial charge in [0.2, 0.25) is 0 Å². The first kappa shape index (κ1) is 10.0. The van der Waals surface area contributed by atoms with E-state index in [2.05, 4.69) is 68.4 Å². The Kier molecular flexibility index (Phi) is 2.63. The van der Waals surface area contributed by atoms with Gasteiger partial charge < -0.3 is 4.90 Å². The number of rotatable bonds is 1. The maximum Gasteiger partial charge on any atom is 0.0721 e. The standard InChI is InChI=1S/C14H17N/c1-11-4-7-13(8-5-11)14-9-6-12(2)10-15(14)3/h4-10,14H,1-3H3. The highest BCUT2D eigenvalue weighted by molar-refractivity contribution is 5.32. The predicted molar refractivity (Wildman–Crippen MR) is 64.6 cm³/mol. The minimum absolute atomic E-state index is 0.384. The lowest BCUT2D eigenvalue weighted by atomic mass is 10.0. The van der Waals surface area contributed by atoms with Crippen LogP contribution in [0.5, 0.6) is 0 Å². The van der Waals surface area contributed by atoms with Crippen LogP contribution in [0.25, 0.3) is 0 Å². The molecule has 0 fully saturated rings. The number of aryl methyl sites for hydroxylation is 1. The molecule has 0 radical (unpaired) electrons. The van der Waals surface area contributed by atoms with E-state index in [9.17, 15) is 0 Å². The highest BCUT2D eigenvalue weighted by atomic mass is 15.1. The molecule has 78 valence electrons. The lowest BCUT2D eigenvalue weighted by Gasteiger charge is -2.28. The monoisotopic (exact) mass is 199 g/mol. The number of nitrogens with zero attached hydrogens (tertiary/aromatic N) is 1. The summed E-state index contributed by atoms with van der Waals surface area (Å²) in [7, 11) is 2.12. The molecule has 1 aliphatic rings. The van der Waals surface area contributed by atoms with Gasteiger partial charge in [0.25, 0.3) is 0 Å². The van der Waals surface area contributed by atoms with E-state index in [1.54, 1.807) is 0 Å². The predicted octanol–water partition coefficient (Wildman–Crippen LogP) is 3.44. The molecule has 2 rings (SSSR count). The molecule has 1 aromatic rings. The molecule has 0 saturated heterocycles. The third-order valence-electron chi connectivity index (χ3n) is 2.81. The second kappa shape index (κ2) is 3.93. The van der Waals surface area contributed by atoms with Crippen LogP contribution in [0.4, 0.5) is 0 Å². The van der Waals surface area contributed by atoms with Gasteiger partial charge in [0.15, 0.2) is 0 Å². The maximum absolute atomic E-state index is 2.25. The van der Waals surface area contributed by atoms with Crippen molar-refractivity contribution in [3.63, 3.8) is 0 Å². The van der Waals surface area contributed by atoms with Gasteiger partial charge in [0.1, 0.15) is 0 Å². The van der Waals surface area contributed by atoms with Crippen molar-refractivity contribution < 1.29 is 0 Å². The average Bonchev–Trinajstić information content (AvgIpc) is 2.20. The second-order valence-corrected chi connectivity index (χ2v) is 4.25. The molecule has 1 aliphatic heterocycles. The molecule has 1 heteroatoms. The summed E-state index contributed by atoms with van der Waals surface area (Å²) in [5.41, 5.74) is 3.97. The fraction of sp³-hybridized carbons (Fsp3) is 0.286. The van der Waals surface area contributed by atoms with E-state index in [0.29, 0.717) is 6.04 Å². The Hall–Kier alpha value is -1.50. The zero-order valence-electron chi connectivity index (χ0n) is 9.57. The molecule has 0 N–H and O–H groups in total. The zero-order chi connectivity index (χ0) is 10.8. The number of allylic oxidation sites excluding steroid dienone is 2. The molecule has 0 amide bonds. The van der Waals surface area contributed by atoms with Crippen molar-refractivity contribution in [2.75, 3.05) is 7.05 Å². The first-order chi connectivity index (χ1) is 7.16. The van der Waals surface area contributed by atoms with E-state index >= 15 is 0 Å². The van der Waals surface area contributed by atoms with Crippen LogP contribution in [-0.4, -0.2) is 11.9 Å². The van der Waals surface area contributed by atoms with Crippen molar-refractivity contribution in [1.29, 1.82) is 0 Å². The van der Waals surface area contributed by atoms with E-state index in [0.717, 1.165) is 0 Å². The van der Waals surface area contributed by atoms with E-state index in [1.165, 1.54) is 16.7 Å². The molecular formula is C14H17N. The van der Waals surface area contributed by atoms with Gasteiger partial charge in [0, 0.05) is 13.2 Å². The summed E-state index contributed by atoms with van der Waals surface area (Å²) in [4.78, 5) is 2.25. The molecule has 1 nitrogen and oxygen atoms in total. The summed E-state index contributed by atoms with van der Waals surface area (Å²) in [6.07, 6.45) is 6.62. The van der Waals surface area contributed by atoms with Gasteiger partial charge in [-0.3, -0.25) is 0 Å². The van der Waals surface area contributed by atoms with E-state index in [1.807, 2.05) is 0 Å². The Morgan fingerprint density at radius 3 is 2.33 bits per heavy atom. The van der Waals surface area contributed by atoms with Crippen LogP contribution in [0.1, 0.15) is 24.1 Å². The summed E-state index contributed by atoms with van der Waals surface area (Å²) in [5, 5.41) is 0. The third kappa shape index (κ3) is 2.12. The van der Waals surface area contributed by atoms with E-state index in [-0.39, 0.29) is 0 Å². The number of hydrogen-bond donors (Lipinski definition) is 0. The van der Waals surface area contributed by atoms with Gasteiger partial charge in [-0.1, -0.05) is 42.0 Å². The minimum atomic E-state index is 0.384. The molecule has 1 unspecified atom stereocenters. The Balaban J connectivity index is 2.26. The van der Waals surface area contributed by atoms with Gasteiger partial charge in [0.05, 0.1) is 6.04 Å². The molecule has 0 bridgehead atoms. The lowest BCUT2D eigenvalue weighted by molar-refractivity contribution is 0.386. The van der Waals surface area contributed by atoms with Crippen molar-refractivity contribution in [2.24, 2.45) is 0 Å². The van der Waals surface area contributed by atoms with Crippen LogP contribution >= 0.6 is 0 Å². The first-order valence-electron chi connectivity index (χ1n) is 5.32. The number of likely N-dealkylation sites (N-methyl/N-ethyl adjacent to an activating group) is 1. The Morgan fingerprint density at radius 1 is 1.07 bits per heavy atom. The summed E-state index contributed by atoms with van der Waals surface area (Å²) in [5.74, 6) is 0. The van der Waals surface area contributed by atoms with Gasteiger partial charge in [-0.15, -0.1) is 0 Å². The second-order valence-electron chi connectivity index (χ2n) is 4.25. The molecule has 0 aromatic heterocycles. The number of hydrogen-bond acceptors (Lipinski definition) is 1. The molecule has 1 aromatic carbocycles. The number of benzene rings is 1. The topological polar surface area (TPSA) is 3.24 Å².